The van der Waals surface area contributed by atoms with Crippen LogP contribution in [0.5, 0.6) is 0 Å². The van der Waals surface area contributed by atoms with Crippen LogP contribution in [0.1, 0.15) is 32.1 Å². The smallest absolute Gasteiger partial charge is 0.211 e. The Morgan fingerprint density at radius 1 is 1.17 bits per heavy atom. The predicted octanol–water partition coefficient (Wildman–Crippen LogP) is 3.20. The van der Waals surface area contributed by atoms with Gasteiger partial charge < -0.3 is 0 Å². The van der Waals surface area contributed by atoms with Gasteiger partial charge in [0.2, 0.25) is 10.0 Å². The van der Waals surface area contributed by atoms with E-state index in [1.807, 2.05) is 0 Å². The van der Waals surface area contributed by atoms with Gasteiger partial charge in [0.15, 0.2) is 0 Å². The number of benzene rings is 1. The molecule has 1 aromatic carbocycles. The van der Waals surface area contributed by atoms with E-state index in [0.717, 1.165) is 12.8 Å². The van der Waals surface area contributed by atoms with Crippen molar-refractivity contribution in [2.45, 2.75) is 37.0 Å². The zero-order valence-electron chi connectivity index (χ0n) is 10.2. The SMILES string of the molecule is O=S(=O)(NCC1CCCCC1)c1ccccc1Cl. The Morgan fingerprint density at radius 3 is 2.50 bits per heavy atom. The van der Waals surface area contributed by atoms with E-state index in [1.165, 1.54) is 25.3 Å². The second kappa shape index (κ2) is 6.04. The Bertz CT molecular complexity index is 495. The maximum atomic E-state index is 12.1. The third kappa shape index (κ3) is 3.46. The number of hydrogen-bond acceptors (Lipinski definition) is 2. The topological polar surface area (TPSA) is 46.2 Å². The van der Waals surface area contributed by atoms with Gasteiger partial charge in [0.05, 0.1) is 5.02 Å². The largest absolute Gasteiger partial charge is 0.242 e. The first-order valence-electron chi connectivity index (χ1n) is 6.34. The maximum Gasteiger partial charge on any atom is 0.242 e. The van der Waals surface area contributed by atoms with Crippen LogP contribution >= 0.6 is 11.6 Å². The van der Waals surface area contributed by atoms with Gasteiger partial charge in [-0.25, -0.2) is 13.1 Å². The van der Waals surface area contributed by atoms with Crippen LogP contribution < -0.4 is 4.72 Å². The molecular formula is C13H18ClNO2S. The average Bonchev–Trinajstić information content (AvgIpc) is 2.38. The number of rotatable bonds is 4. The summed E-state index contributed by atoms with van der Waals surface area (Å²) in [5, 5.41) is 0.272. The molecular weight excluding hydrogens is 270 g/mol. The van der Waals surface area contributed by atoms with E-state index in [-0.39, 0.29) is 9.92 Å². The lowest BCUT2D eigenvalue weighted by Gasteiger charge is -2.21. The number of nitrogens with one attached hydrogen (secondary N) is 1. The Morgan fingerprint density at radius 2 is 1.83 bits per heavy atom. The molecule has 0 radical (unpaired) electrons. The zero-order chi connectivity index (χ0) is 13.0. The second-order valence-electron chi connectivity index (χ2n) is 4.79. The van der Waals surface area contributed by atoms with Crippen LogP contribution in [0.25, 0.3) is 0 Å². The molecule has 5 heteroatoms. The molecule has 0 atom stereocenters. The maximum absolute atomic E-state index is 12.1. The van der Waals surface area contributed by atoms with Crippen molar-refractivity contribution < 1.29 is 8.42 Å². The molecule has 0 aromatic heterocycles. The molecule has 0 heterocycles. The minimum atomic E-state index is -3.47. The van der Waals surface area contributed by atoms with E-state index in [4.69, 9.17) is 11.6 Å². The summed E-state index contributed by atoms with van der Waals surface area (Å²) >= 11 is 5.91. The molecule has 1 aliphatic rings. The molecule has 1 fully saturated rings. The lowest BCUT2D eigenvalue weighted by molar-refractivity contribution is 0.357. The van der Waals surface area contributed by atoms with Gasteiger partial charge in [-0.2, -0.15) is 0 Å². The molecule has 1 aliphatic carbocycles. The van der Waals surface area contributed by atoms with Crippen LogP contribution in [0.3, 0.4) is 0 Å². The summed E-state index contributed by atoms with van der Waals surface area (Å²) < 4.78 is 26.9. The van der Waals surface area contributed by atoms with Crippen LogP contribution in [0.2, 0.25) is 5.02 Å². The van der Waals surface area contributed by atoms with Crippen molar-refractivity contribution in [2.24, 2.45) is 5.92 Å². The minimum absolute atomic E-state index is 0.169. The molecule has 0 amide bonds. The molecule has 0 spiro atoms. The van der Waals surface area contributed by atoms with Crippen LogP contribution in [-0.4, -0.2) is 15.0 Å². The van der Waals surface area contributed by atoms with Gasteiger partial charge >= 0.3 is 0 Å². The first kappa shape index (κ1) is 13.8. The van der Waals surface area contributed by atoms with Crippen molar-refractivity contribution in [3.05, 3.63) is 29.3 Å². The lowest BCUT2D eigenvalue weighted by atomic mass is 9.90. The monoisotopic (exact) mass is 287 g/mol. The Balaban J connectivity index is 2.01. The summed E-state index contributed by atoms with van der Waals surface area (Å²) in [7, 11) is -3.47. The average molecular weight is 288 g/mol. The van der Waals surface area contributed by atoms with Crippen LogP contribution in [0.15, 0.2) is 29.2 Å². The summed E-state index contributed by atoms with van der Waals surface area (Å²) in [4.78, 5) is 0.169. The van der Waals surface area contributed by atoms with Crippen LogP contribution in [0, 0.1) is 5.92 Å². The van der Waals surface area contributed by atoms with Crippen molar-refractivity contribution in [3.8, 4) is 0 Å². The molecule has 0 bridgehead atoms. The number of halogens is 1. The first-order valence-corrected chi connectivity index (χ1v) is 8.20. The summed E-state index contributed by atoms with van der Waals surface area (Å²) in [6, 6.07) is 6.53. The third-order valence-corrected chi connectivity index (χ3v) is 5.34. The molecule has 100 valence electrons. The van der Waals surface area contributed by atoms with Gasteiger partial charge in [0.25, 0.3) is 0 Å². The summed E-state index contributed by atoms with van der Waals surface area (Å²) in [5.41, 5.74) is 0. The second-order valence-corrected chi connectivity index (χ2v) is 6.93. The fourth-order valence-corrected chi connectivity index (χ4v) is 3.99. The summed E-state index contributed by atoms with van der Waals surface area (Å²) in [5.74, 6) is 0.469. The normalized spacial score (nSPS) is 17.8. The van der Waals surface area contributed by atoms with E-state index < -0.39 is 10.0 Å². The van der Waals surface area contributed by atoms with Gasteiger partial charge in [-0.3, -0.25) is 0 Å². The van der Waals surface area contributed by atoms with Crippen molar-refractivity contribution in [1.82, 2.24) is 4.72 Å². The van der Waals surface area contributed by atoms with Crippen molar-refractivity contribution in [3.63, 3.8) is 0 Å². The fourth-order valence-electron chi connectivity index (χ4n) is 2.36. The highest BCUT2D eigenvalue weighted by Gasteiger charge is 2.20. The standard InChI is InChI=1S/C13H18ClNO2S/c14-12-8-4-5-9-13(12)18(16,17)15-10-11-6-2-1-3-7-11/h4-5,8-9,11,15H,1-3,6-7,10H2. The lowest BCUT2D eigenvalue weighted by Crippen LogP contribution is -2.30. The van der Waals surface area contributed by atoms with Crippen molar-refractivity contribution in [1.29, 1.82) is 0 Å². The molecule has 1 N–H and O–H groups in total. The highest BCUT2D eigenvalue weighted by molar-refractivity contribution is 7.89. The van der Waals surface area contributed by atoms with E-state index in [2.05, 4.69) is 4.72 Å². The molecule has 0 aliphatic heterocycles. The quantitative estimate of drug-likeness (QED) is 0.924. The van der Waals surface area contributed by atoms with E-state index >= 15 is 0 Å². The van der Waals surface area contributed by atoms with Gasteiger partial charge in [-0.05, 0) is 30.9 Å². The van der Waals surface area contributed by atoms with Crippen LogP contribution in [-0.2, 0) is 10.0 Å². The summed E-state index contributed by atoms with van der Waals surface area (Å²) in [6.07, 6.45) is 5.92. The Kier molecular flexibility index (Phi) is 4.65. The molecule has 1 saturated carbocycles. The van der Waals surface area contributed by atoms with Gasteiger partial charge in [-0.15, -0.1) is 0 Å². The molecule has 1 aromatic rings. The Labute approximate surface area is 114 Å². The van der Waals surface area contributed by atoms with Gasteiger partial charge in [0.1, 0.15) is 4.90 Å². The predicted molar refractivity (Wildman–Crippen MR) is 73.2 cm³/mol. The van der Waals surface area contributed by atoms with E-state index in [0.29, 0.717) is 12.5 Å². The molecule has 0 saturated heterocycles. The van der Waals surface area contributed by atoms with E-state index in [1.54, 1.807) is 18.2 Å². The van der Waals surface area contributed by atoms with Gasteiger partial charge in [0, 0.05) is 6.54 Å². The van der Waals surface area contributed by atoms with Crippen molar-refractivity contribution in [2.75, 3.05) is 6.54 Å². The van der Waals surface area contributed by atoms with Crippen molar-refractivity contribution >= 4 is 21.6 Å². The van der Waals surface area contributed by atoms with E-state index in [9.17, 15) is 8.42 Å². The highest BCUT2D eigenvalue weighted by Crippen LogP contribution is 2.24. The molecule has 2 rings (SSSR count). The third-order valence-electron chi connectivity index (χ3n) is 3.41. The Hall–Kier alpha value is -0.580. The zero-order valence-corrected chi connectivity index (χ0v) is 11.8. The minimum Gasteiger partial charge on any atom is -0.211 e. The highest BCUT2D eigenvalue weighted by atomic mass is 35.5. The molecule has 18 heavy (non-hydrogen) atoms. The van der Waals surface area contributed by atoms with Crippen LogP contribution in [0.4, 0.5) is 0 Å². The fraction of sp³-hybridized carbons (Fsp3) is 0.538. The molecule has 0 unspecified atom stereocenters. The first-order chi connectivity index (χ1) is 8.59. The molecule has 3 nitrogen and oxygen atoms in total. The number of hydrogen-bond donors (Lipinski definition) is 1. The number of sulfonamides is 1. The summed E-state index contributed by atoms with van der Waals surface area (Å²) in [6.45, 7) is 0.521. The van der Waals surface area contributed by atoms with Gasteiger partial charge in [-0.1, -0.05) is 43.0 Å².